The number of aromatic nitrogens is 2. The second-order valence-corrected chi connectivity index (χ2v) is 7.08. The van der Waals surface area contributed by atoms with Gasteiger partial charge >= 0.3 is 0 Å². The first-order valence-corrected chi connectivity index (χ1v) is 8.96. The first kappa shape index (κ1) is 16.8. The molecule has 0 fully saturated rings. The van der Waals surface area contributed by atoms with Crippen LogP contribution in [0.1, 0.15) is 12.5 Å². The summed E-state index contributed by atoms with van der Waals surface area (Å²) >= 11 is 7.40. The van der Waals surface area contributed by atoms with Crippen LogP contribution in [0.5, 0.6) is 0 Å². The van der Waals surface area contributed by atoms with Crippen LogP contribution < -0.4 is 5.56 Å². The van der Waals surface area contributed by atoms with Gasteiger partial charge in [0.25, 0.3) is 5.56 Å². The molecule has 1 heterocycles. The minimum Gasteiger partial charge on any atom is -0.268 e. The van der Waals surface area contributed by atoms with Crippen LogP contribution in [0.4, 0.5) is 0 Å². The second kappa shape index (κ2) is 7.24. The number of rotatable bonds is 4. The van der Waals surface area contributed by atoms with Crippen molar-refractivity contribution in [3.05, 3.63) is 75.6 Å². The molecular weight excluding hydrogens is 340 g/mol. The van der Waals surface area contributed by atoms with Crippen LogP contribution in [0, 0.1) is 6.92 Å². The predicted octanol–water partition coefficient (Wildman–Crippen LogP) is 4.93. The number of fused-ring (bicyclic) bond motifs is 1. The molecule has 3 aromatic rings. The van der Waals surface area contributed by atoms with Gasteiger partial charge in [0.15, 0.2) is 5.16 Å². The summed E-state index contributed by atoms with van der Waals surface area (Å²) in [4.78, 5) is 17.7. The Hall–Kier alpha value is -2.04. The van der Waals surface area contributed by atoms with E-state index in [0.717, 1.165) is 16.3 Å². The highest BCUT2D eigenvalue weighted by molar-refractivity contribution is 7.99. The van der Waals surface area contributed by atoms with Gasteiger partial charge in [-0.25, -0.2) is 4.98 Å². The lowest BCUT2D eigenvalue weighted by atomic mass is 10.2. The number of hydrogen-bond donors (Lipinski definition) is 0. The molecule has 0 saturated heterocycles. The van der Waals surface area contributed by atoms with Crippen LogP contribution in [0.15, 0.2) is 69.6 Å². The molecule has 3 nitrogen and oxygen atoms in total. The fourth-order valence-electron chi connectivity index (χ4n) is 2.43. The topological polar surface area (TPSA) is 34.9 Å². The monoisotopic (exact) mass is 356 g/mol. The third kappa shape index (κ3) is 3.55. The van der Waals surface area contributed by atoms with E-state index in [2.05, 4.69) is 0 Å². The Kier molecular flexibility index (Phi) is 5.07. The lowest BCUT2D eigenvalue weighted by Gasteiger charge is -2.13. The summed E-state index contributed by atoms with van der Waals surface area (Å²) in [7, 11) is 0. The SMILES string of the molecule is C/C(Cl)=C\CSc1nc2ccccc2c(=O)n1-c1cccc(C)c1. The summed E-state index contributed by atoms with van der Waals surface area (Å²) < 4.78 is 1.68. The van der Waals surface area contributed by atoms with E-state index >= 15 is 0 Å². The third-order valence-electron chi connectivity index (χ3n) is 3.58. The lowest BCUT2D eigenvalue weighted by molar-refractivity contribution is 0.820. The molecule has 2 aromatic carbocycles. The van der Waals surface area contributed by atoms with Gasteiger partial charge in [-0.1, -0.05) is 53.7 Å². The maximum Gasteiger partial charge on any atom is 0.266 e. The van der Waals surface area contributed by atoms with Crippen LogP contribution in [0.3, 0.4) is 0 Å². The molecule has 0 radical (unpaired) electrons. The molecule has 1 aromatic heterocycles. The predicted molar refractivity (Wildman–Crippen MR) is 102 cm³/mol. The average Bonchev–Trinajstić information content (AvgIpc) is 2.55. The quantitative estimate of drug-likeness (QED) is 0.491. The number of benzene rings is 2. The van der Waals surface area contributed by atoms with Gasteiger partial charge < -0.3 is 0 Å². The third-order valence-corrected chi connectivity index (χ3v) is 4.60. The Bertz CT molecular complexity index is 975. The Morgan fingerprint density at radius 1 is 1.25 bits per heavy atom. The van der Waals surface area contributed by atoms with E-state index in [1.54, 1.807) is 4.57 Å². The molecule has 5 heteroatoms. The minimum absolute atomic E-state index is 0.0553. The van der Waals surface area contributed by atoms with Gasteiger partial charge in [0.2, 0.25) is 0 Å². The van der Waals surface area contributed by atoms with Gasteiger partial charge in [0, 0.05) is 10.8 Å². The van der Waals surface area contributed by atoms with Crippen molar-refractivity contribution in [1.29, 1.82) is 0 Å². The number of allylic oxidation sites excluding steroid dienone is 1. The van der Waals surface area contributed by atoms with Crippen molar-refractivity contribution in [2.75, 3.05) is 5.75 Å². The van der Waals surface area contributed by atoms with Crippen LogP contribution in [0.2, 0.25) is 0 Å². The number of thioether (sulfide) groups is 1. The van der Waals surface area contributed by atoms with E-state index in [-0.39, 0.29) is 5.56 Å². The van der Waals surface area contributed by atoms with Gasteiger partial charge in [-0.05, 0) is 43.7 Å². The van der Waals surface area contributed by atoms with Crippen molar-refractivity contribution < 1.29 is 0 Å². The summed E-state index contributed by atoms with van der Waals surface area (Å²) in [6.45, 7) is 3.85. The molecule has 0 saturated carbocycles. The zero-order valence-corrected chi connectivity index (χ0v) is 15.1. The first-order valence-electron chi connectivity index (χ1n) is 7.60. The van der Waals surface area contributed by atoms with Crippen molar-refractivity contribution in [3.8, 4) is 5.69 Å². The summed E-state index contributed by atoms with van der Waals surface area (Å²) in [5, 5.41) is 2.01. The van der Waals surface area contributed by atoms with E-state index in [4.69, 9.17) is 16.6 Å². The van der Waals surface area contributed by atoms with Crippen molar-refractivity contribution in [1.82, 2.24) is 9.55 Å². The maximum atomic E-state index is 13.0. The molecule has 0 amide bonds. The molecule has 0 unspecified atom stereocenters. The molecule has 0 spiro atoms. The van der Waals surface area contributed by atoms with E-state index in [0.29, 0.717) is 21.8 Å². The summed E-state index contributed by atoms with van der Waals surface area (Å²) in [6.07, 6.45) is 1.91. The summed E-state index contributed by atoms with van der Waals surface area (Å²) in [5.41, 5.74) is 2.58. The van der Waals surface area contributed by atoms with Gasteiger partial charge in [0.05, 0.1) is 16.6 Å². The fourth-order valence-corrected chi connectivity index (χ4v) is 3.57. The van der Waals surface area contributed by atoms with Gasteiger partial charge in [-0.15, -0.1) is 0 Å². The molecule has 0 aliphatic heterocycles. The molecular formula is C19H17ClN2OS. The number of aryl methyl sites for hydroxylation is 1. The standard InChI is InChI=1S/C19H17ClN2OS/c1-13-6-5-7-15(12-13)22-18(23)16-8-3-4-9-17(16)21-19(22)24-11-10-14(2)20/h3-10,12H,11H2,1-2H3/b14-10+. The Labute approximate surface area is 150 Å². The van der Waals surface area contributed by atoms with Crippen LogP contribution in [0.25, 0.3) is 16.6 Å². The zero-order chi connectivity index (χ0) is 17.1. The van der Waals surface area contributed by atoms with Gasteiger partial charge in [-0.3, -0.25) is 9.36 Å². The maximum absolute atomic E-state index is 13.0. The van der Waals surface area contributed by atoms with E-state index in [1.807, 2.05) is 68.5 Å². The lowest BCUT2D eigenvalue weighted by Crippen LogP contribution is -2.21. The largest absolute Gasteiger partial charge is 0.268 e. The van der Waals surface area contributed by atoms with Crippen LogP contribution in [-0.4, -0.2) is 15.3 Å². The Balaban J connectivity index is 2.21. The molecule has 0 atom stereocenters. The van der Waals surface area contributed by atoms with E-state index in [1.165, 1.54) is 11.8 Å². The molecule has 0 aliphatic rings. The Morgan fingerprint density at radius 2 is 2.04 bits per heavy atom. The number of nitrogens with zero attached hydrogens (tertiary/aromatic N) is 2. The first-order chi connectivity index (χ1) is 11.6. The van der Waals surface area contributed by atoms with Crippen molar-refractivity contribution in [2.45, 2.75) is 19.0 Å². The van der Waals surface area contributed by atoms with Crippen LogP contribution in [-0.2, 0) is 0 Å². The van der Waals surface area contributed by atoms with Gasteiger partial charge in [0.1, 0.15) is 0 Å². The van der Waals surface area contributed by atoms with Crippen molar-refractivity contribution >= 4 is 34.3 Å². The number of hydrogen-bond acceptors (Lipinski definition) is 3. The highest BCUT2D eigenvalue weighted by atomic mass is 35.5. The van der Waals surface area contributed by atoms with Crippen molar-refractivity contribution in [3.63, 3.8) is 0 Å². The highest BCUT2D eigenvalue weighted by Crippen LogP contribution is 2.22. The average molecular weight is 357 g/mol. The molecule has 3 rings (SSSR count). The Morgan fingerprint density at radius 3 is 2.79 bits per heavy atom. The summed E-state index contributed by atoms with van der Waals surface area (Å²) in [5.74, 6) is 0.659. The van der Waals surface area contributed by atoms with Crippen LogP contribution >= 0.6 is 23.4 Å². The molecule has 0 aliphatic carbocycles. The number of para-hydroxylation sites is 1. The van der Waals surface area contributed by atoms with E-state index in [9.17, 15) is 4.79 Å². The highest BCUT2D eigenvalue weighted by Gasteiger charge is 2.12. The molecule has 122 valence electrons. The smallest absolute Gasteiger partial charge is 0.266 e. The zero-order valence-electron chi connectivity index (χ0n) is 13.5. The molecule has 24 heavy (non-hydrogen) atoms. The fraction of sp³-hybridized carbons (Fsp3) is 0.158. The van der Waals surface area contributed by atoms with E-state index < -0.39 is 0 Å². The summed E-state index contributed by atoms with van der Waals surface area (Å²) in [6, 6.07) is 15.3. The molecule has 0 N–H and O–H groups in total. The normalized spacial score (nSPS) is 11.9. The van der Waals surface area contributed by atoms with Crippen molar-refractivity contribution in [2.24, 2.45) is 0 Å². The molecule has 0 bridgehead atoms. The van der Waals surface area contributed by atoms with Gasteiger partial charge in [-0.2, -0.15) is 0 Å². The number of halogens is 1. The minimum atomic E-state index is -0.0553. The second-order valence-electron chi connectivity index (χ2n) is 5.49.